The molecule has 1 aromatic carbocycles. The molecule has 6 heteroatoms. The number of hydrogen-bond donors (Lipinski definition) is 1. The quantitative estimate of drug-likeness (QED) is 0.886. The SMILES string of the molecule is O=C(Nc1nncs1)c1ccc(CBr)cc1. The standard InChI is InChI=1S/C10H8BrN3OS/c11-5-7-1-3-8(4-2-7)9(15)13-10-14-12-6-16-10/h1-4,6H,5H2,(H,13,14,15). The second kappa shape index (κ2) is 5.18. The third-order valence-electron chi connectivity index (χ3n) is 1.95. The second-order valence-electron chi connectivity index (χ2n) is 3.03. The Balaban J connectivity index is 2.09. The second-order valence-corrected chi connectivity index (χ2v) is 4.42. The van der Waals surface area contributed by atoms with E-state index in [2.05, 4.69) is 31.4 Å². The van der Waals surface area contributed by atoms with Gasteiger partial charge in [0.2, 0.25) is 5.13 Å². The molecule has 0 aliphatic carbocycles. The number of aromatic nitrogens is 2. The van der Waals surface area contributed by atoms with Crippen molar-refractivity contribution in [1.29, 1.82) is 0 Å². The van der Waals surface area contributed by atoms with Gasteiger partial charge in [-0.2, -0.15) is 0 Å². The number of hydrogen-bond acceptors (Lipinski definition) is 4. The van der Waals surface area contributed by atoms with E-state index >= 15 is 0 Å². The molecular formula is C10H8BrN3OS. The maximum absolute atomic E-state index is 11.7. The summed E-state index contributed by atoms with van der Waals surface area (Å²) >= 11 is 4.64. The Kier molecular flexibility index (Phi) is 3.63. The van der Waals surface area contributed by atoms with Gasteiger partial charge in [0.25, 0.3) is 5.91 Å². The molecule has 1 heterocycles. The van der Waals surface area contributed by atoms with E-state index in [9.17, 15) is 4.79 Å². The lowest BCUT2D eigenvalue weighted by molar-refractivity contribution is 0.102. The molecule has 0 unspecified atom stereocenters. The average molecular weight is 298 g/mol. The highest BCUT2D eigenvalue weighted by Gasteiger charge is 2.07. The van der Waals surface area contributed by atoms with Gasteiger partial charge in [0.1, 0.15) is 5.51 Å². The van der Waals surface area contributed by atoms with E-state index in [-0.39, 0.29) is 5.91 Å². The van der Waals surface area contributed by atoms with Crippen molar-refractivity contribution in [2.45, 2.75) is 5.33 Å². The van der Waals surface area contributed by atoms with Gasteiger partial charge in [0, 0.05) is 10.9 Å². The highest BCUT2D eigenvalue weighted by atomic mass is 79.9. The highest BCUT2D eigenvalue weighted by molar-refractivity contribution is 9.08. The number of carbonyl (C=O) groups excluding carboxylic acids is 1. The summed E-state index contributed by atoms with van der Waals surface area (Å²) in [5, 5.41) is 11.4. The summed E-state index contributed by atoms with van der Waals surface area (Å²) in [6.45, 7) is 0. The van der Waals surface area contributed by atoms with Crippen LogP contribution in [0, 0.1) is 0 Å². The molecule has 2 aromatic rings. The van der Waals surface area contributed by atoms with Crippen LogP contribution in [0.3, 0.4) is 0 Å². The molecule has 82 valence electrons. The van der Waals surface area contributed by atoms with Crippen LogP contribution in [0.4, 0.5) is 5.13 Å². The van der Waals surface area contributed by atoms with Crippen molar-refractivity contribution in [3.63, 3.8) is 0 Å². The molecule has 0 saturated carbocycles. The number of carbonyl (C=O) groups is 1. The van der Waals surface area contributed by atoms with E-state index in [4.69, 9.17) is 0 Å². The lowest BCUT2D eigenvalue weighted by atomic mass is 10.1. The number of nitrogens with one attached hydrogen (secondary N) is 1. The molecule has 0 bridgehead atoms. The summed E-state index contributed by atoms with van der Waals surface area (Å²) in [4.78, 5) is 11.7. The number of amides is 1. The molecule has 1 amide bonds. The monoisotopic (exact) mass is 297 g/mol. The van der Waals surface area contributed by atoms with Gasteiger partial charge in [0.05, 0.1) is 0 Å². The van der Waals surface area contributed by atoms with Gasteiger partial charge in [-0.25, -0.2) is 0 Å². The van der Waals surface area contributed by atoms with Crippen molar-refractivity contribution in [1.82, 2.24) is 10.2 Å². The predicted octanol–water partition coefficient (Wildman–Crippen LogP) is 2.69. The molecule has 0 atom stereocenters. The maximum Gasteiger partial charge on any atom is 0.257 e. The first-order chi connectivity index (χ1) is 7.79. The maximum atomic E-state index is 11.7. The van der Waals surface area contributed by atoms with Crippen molar-refractivity contribution >= 4 is 38.3 Å². The Morgan fingerprint density at radius 1 is 1.38 bits per heavy atom. The number of rotatable bonds is 3. The smallest absolute Gasteiger partial charge is 0.257 e. The minimum atomic E-state index is -0.169. The van der Waals surface area contributed by atoms with Gasteiger partial charge in [0.15, 0.2) is 0 Å². The van der Waals surface area contributed by atoms with Gasteiger partial charge in [-0.3, -0.25) is 10.1 Å². The van der Waals surface area contributed by atoms with E-state index in [1.54, 1.807) is 17.6 Å². The molecule has 0 aliphatic heterocycles. The van der Waals surface area contributed by atoms with Crippen LogP contribution in [0.5, 0.6) is 0 Å². The van der Waals surface area contributed by atoms with E-state index in [1.807, 2.05) is 12.1 Å². The molecule has 1 aromatic heterocycles. The summed E-state index contributed by atoms with van der Waals surface area (Å²) < 4.78 is 0. The van der Waals surface area contributed by atoms with Crippen LogP contribution >= 0.6 is 27.3 Å². The Bertz CT molecular complexity index is 469. The third-order valence-corrected chi connectivity index (χ3v) is 3.21. The first-order valence-electron chi connectivity index (χ1n) is 4.52. The largest absolute Gasteiger partial charge is 0.296 e. The Hall–Kier alpha value is -1.27. The fraction of sp³-hybridized carbons (Fsp3) is 0.100. The van der Waals surface area contributed by atoms with Crippen LogP contribution in [-0.4, -0.2) is 16.1 Å². The molecule has 1 N–H and O–H groups in total. The number of anilines is 1. The Morgan fingerprint density at radius 2 is 2.12 bits per heavy atom. The Labute approximate surface area is 105 Å². The summed E-state index contributed by atoms with van der Waals surface area (Å²) in [6, 6.07) is 7.38. The molecular weight excluding hydrogens is 290 g/mol. The van der Waals surface area contributed by atoms with Crippen molar-refractivity contribution in [2.75, 3.05) is 5.32 Å². The van der Waals surface area contributed by atoms with Crippen molar-refractivity contribution in [3.8, 4) is 0 Å². The lowest BCUT2D eigenvalue weighted by Crippen LogP contribution is -2.11. The van der Waals surface area contributed by atoms with Gasteiger partial charge in [-0.05, 0) is 17.7 Å². The number of nitrogens with zero attached hydrogens (tertiary/aromatic N) is 2. The average Bonchev–Trinajstić information content (AvgIpc) is 2.82. The van der Waals surface area contributed by atoms with E-state index < -0.39 is 0 Å². The van der Waals surface area contributed by atoms with Crippen LogP contribution in [-0.2, 0) is 5.33 Å². The zero-order chi connectivity index (χ0) is 11.4. The van der Waals surface area contributed by atoms with Crippen molar-refractivity contribution in [3.05, 3.63) is 40.9 Å². The van der Waals surface area contributed by atoms with Crippen molar-refractivity contribution in [2.24, 2.45) is 0 Å². The molecule has 0 spiro atoms. The summed E-state index contributed by atoms with van der Waals surface area (Å²) in [7, 11) is 0. The minimum Gasteiger partial charge on any atom is -0.296 e. The van der Waals surface area contributed by atoms with Gasteiger partial charge in [-0.15, -0.1) is 10.2 Å². The van der Waals surface area contributed by atoms with E-state index in [0.717, 1.165) is 10.9 Å². The first kappa shape index (κ1) is 11.2. The van der Waals surface area contributed by atoms with E-state index in [1.165, 1.54) is 11.3 Å². The third kappa shape index (κ3) is 2.65. The molecule has 16 heavy (non-hydrogen) atoms. The van der Waals surface area contributed by atoms with Crippen LogP contribution in [0.1, 0.15) is 15.9 Å². The summed E-state index contributed by atoms with van der Waals surface area (Å²) in [5.41, 5.74) is 3.32. The van der Waals surface area contributed by atoms with Crippen molar-refractivity contribution < 1.29 is 4.79 Å². The summed E-state index contributed by atoms with van der Waals surface area (Å²) in [6.07, 6.45) is 0. The van der Waals surface area contributed by atoms with Gasteiger partial charge >= 0.3 is 0 Å². The molecule has 2 rings (SSSR count). The number of halogens is 1. The lowest BCUT2D eigenvalue weighted by Gasteiger charge is -2.01. The minimum absolute atomic E-state index is 0.169. The Morgan fingerprint density at radius 3 is 2.69 bits per heavy atom. The molecule has 0 fully saturated rings. The fourth-order valence-corrected chi connectivity index (χ4v) is 1.96. The van der Waals surface area contributed by atoms with E-state index in [0.29, 0.717) is 10.7 Å². The van der Waals surface area contributed by atoms with Gasteiger partial charge in [-0.1, -0.05) is 39.4 Å². The van der Waals surface area contributed by atoms with Crippen LogP contribution in [0.25, 0.3) is 0 Å². The zero-order valence-corrected chi connectivity index (χ0v) is 10.6. The summed E-state index contributed by atoms with van der Waals surface area (Å²) in [5.74, 6) is -0.169. The topological polar surface area (TPSA) is 54.9 Å². The fourth-order valence-electron chi connectivity index (χ4n) is 1.14. The number of benzene rings is 1. The molecule has 0 radical (unpaired) electrons. The first-order valence-corrected chi connectivity index (χ1v) is 6.52. The molecule has 0 saturated heterocycles. The van der Waals surface area contributed by atoms with Crippen LogP contribution in [0.2, 0.25) is 0 Å². The van der Waals surface area contributed by atoms with Crippen LogP contribution < -0.4 is 5.32 Å². The predicted molar refractivity (Wildman–Crippen MR) is 66.9 cm³/mol. The number of alkyl halides is 1. The van der Waals surface area contributed by atoms with Crippen LogP contribution in [0.15, 0.2) is 29.8 Å². The molecule has 0 aliphatic rings. The normalized spacial score (nSPS) is 10.1. The highest BCUT2D eigenvalue weighted by Crippen LogP contribution is 2.12. The zero-order valence-electron chi connectivity index (χ0n) is 8.18. The van der Waals surface area contributed by atoms with Gasteiger partial charge < -0.3 is 0 Å². The molecule has 4 nitrogen and oxygen atoms in total.